The van der Waals surface area contributed by atoms with E-state index in [-0.39, 0.29) is 11.2 Å². The molecule has 0 radical (unpaired) electrons. The van der Waals surface area contributed by atoms with E-state index in [4.69, 9.17) is 16.6 Å². The molecule has 4 rings (SSSR count). The summed E-state index contributed by atoms with van der Waals surface area (Å²) in [6, 6.07) is 13.0. The molecule has 2 aromatic carbocycles. The summed E-state index contributed by atoms with van der Waals surface area (Å²) in [4.78, 5) is 4.86. The molecule has 0 unspecified atom stereocenters. The molecule has 2 aliphatic heterocycles. The molecule has 0 aliphatic carbocycles. The summed E-state index contributed by atoms with van der Waals surface area (Å²) >= 11 is 6.07. The standard InChI is InChI=1S/C20H21ClFN3/c21-16-5-1-3-14(11-16)13-24-19-20(7-9-23-10-8-20)12-15-4-2-6-17(22)18(15)25-19/h1-6,11,23H,7-10,12-13H2,(H,24,25). The van der Waals surface area contributed by atoms with Crippen molar-refractivity contribution in [3.05, 3.63) is 64.4 Å². The Hall–Kier alpha value is -1.91. The van der Waals surface area contributed by atoms with Gasteiger partial charge in [0.25, 0.3) is 0 Å². The van der Waals surface area contributed by atoms with E-state index in [0.717, 1.165) is 49.3 Å². The molecule has 2 heterocycles. The Kier molecular flexibility index (Phi) is 4.48. The second kappa shape index (κ2) is 6.77. The summed E-state index contributed by atoms with van der Waals surface area (Å²) < 4.78 is 14.3. The van der Waals surface area contributed by atoms with Crippen molar-refractivity contribution in [2.24, 2.45) is 10.4 Å². The first-order chi connectivity index (χ1) is 12.2. The third kappa shape index (κ3) is 3.29. The molecule has 1 fully saturated rings. The smallest absolute Gasteiger partial charge is 0.146 e. The number of piperidine rings is 1. The number of halogens is 2. The van der Waals surface area contributed by atoms with Gasteiger partial charge < -0.3 is 10.6 Å². The van der Waals surface area contributed by atoms with Crippen molar-refractivity contribution < 1.29 is 4.39 Å². The van der Waals surface area contributed by atoms with Crippen LogP contribution in [0.5, 0.6) is 0 Å². The van der Waals surface area contributed by atoms with Crippen molar-refractivity contribution in [1.82, 2.24) is 5.32 Å². The molecule has 2 N–H and O–H groups in total. The minimum Gasteiger partial charge on any atom is -0.341 e. The predicted molar refractivity (Wildman–Crippen MR) is 101 cm³/mol. The molecule has 2 aromatic rings. The summed E-state index contributed by atoms with van der Waals surface area (Å²) in [7, 11) is 0. The van der Waals surface area contributed by atoms with Crippen LogP contribution in [0.4, 0.5) is 10.1 Å². The first kappa shape index (κ1) is 16.6. The van der Waals surface area contributed by atoms with Gasteiger partial charge in [-0.3, -0.25) is 4.99 Å². The quantitative estimate of drug-likeness (QED) is 0.835. The number of amidine groups is 1. The normalized spacial score (nSPS) is 20.3. The monoisotopic (exact) mass is 357 g/mol. The maximum absolute atomic E-state index is 14.3. The maximum atomic E-state index is 14.3. The van der Waals surface area contributed by atoms with Crippen LogP contribution < -0.4 is 10.6 Å². The van der Waals surface area contributed by atoms with Crippen LogP contribution in [-0.2, 0) is 13.0 Å². The topological polar surface area (TPSA) is 36.4 Å². The summed E-state index contributed by atoms with van der Waals surface area (Å²) in [5, 5.41) is 7.45. The molecule has 2 aliphatic rings. The van der Waals surface area contributed by atoms with E-state index in [1.165, 1.54) is 6.07 Å². The number of para-hydroxylation sites is 1. The molecule has 0 aromatic heterocycles. The molecule has 25 heavy (non-hydrogen) atoms. The molecule has 5 heteroatoms. The van der Waals surface area contributed by atoms with E-state index >= 15 is 0 Å². The molecule has 3 nitrogen and oxygen atoms in total. The van der Waals surface area contributed by atoms with E-state index in [1.54, 1.807) is 6.07 Å². The highest BCUT2D eigenvalue weighted by Crippen LogP contribution is 2.41. The Bertz CT molecular complexity index is 812. The van der Waals surface area contributed by atoms with Gasteiger partial charge in [0, 0.05) is 10.4 Å². The summed E-state index contributed by atoms with van der Waals surface area (Å²) in [6.07, 6.45) is 2.85. The van der Waals surface area contributed by atoms with Gasteiger partial charge >= 0.3 is 0 Å². The fraction of sp³-hybridized carbons (Fsp3) is 0.350. The number of nitrogens with one attached hydrogen (secondary N) is 2. The van der Waals surface area contributed by atoms with Crippen LogP contribution in [0.2, 0.25) is 5.02 Å². The van der Waals surface area contributed by atoms with E-state index in [1.807, 2.05) is 30.3 Å². The zero-order valence-corrected chi connectivity index (χ0v) is 14.7. The number of nitrogens with zero attached hydrogens (tertiary/aromatic N) is 1. The van der Waals surface area contributed by atoms with Crippen LogP contribution in [0.25, 0.3) is 0 Å². The first-order valence-electron chi connectivity index (χ1n) is 8.71. The van der Waals surface area contributed by atoms with Gasteiger partial charge in [0.2, 0.25) is 0 Å². The fourth-order valence-electron chi connectivity index (χ4n) is 3.89. The van der Waals surface area contributed by atoms with Crippen molar-refractivity contribution in [1.29, 1.82) is 0 Å². The van der Waals surface area contributed by atoms with Gasteiger partial charge in [0.05, 0.1) is 12.2 Å². The first-order valence-corrected chi connectivity index (χ1v) is 9.09. The summed E-state index contributed by atoms with van der Waals surface area (Å²) in [5.41, 5.74) is 2.65. The SMILES string of the molecule is Fc1cccc2c1NC(=NCc1cccc(Cl)c1)C1(CCNCC1)C2. The summed E-state index contributed by atoms with van der Waals surface area (Å²) in [6.45, 7) is 2.47. The van der Waals surface area contributed by atoms with E-state index in [0.29, 0.717) is 17.3 Å². The number of benzene rings is 2. The molecular formula is C20H21ClFN3. The molecule has 130 valence electrons. The third-order valence-electron chi connectivity index (χ3n) is 5.24. The van der Waals surface area contributed by atoms with Crippen molar-refractivity contribution in [2.75, 3.05) is 18.4 Å². The highest BCUT2D eigenvalue weighted by molar-refractivity contribution is 6.30. The number of anilines is 1. The van der Waals surface area contributed by atoms with Gasteiger partial charge in [0.15, 0.2) is 0 Å². The lowest BCUT2D eigenvalue weighted by molar-refractivity contribution is 0.292. The molecule has 0 saturated carbocycles. The van der Waals surface area contributed by atoms with Crippen LogP contribution in [0.1, 0.15) is 24.0 Å². The number of hydrogen-bond acceptors (Lipinski definition) is 2. The minimum atomic E-state index is -0.211. The minimum absolute atomic E-state index is 0.0371. The lowest BCUT2D eigenvalue weighted by Crippen LogP contribution is -2.49. The van der Waals surface area contributed by atoms with Crippen molar-refractivity contribution in [2.45, 2.75) is 25.8 Å². The van der Waals surface area contributed by atoms with E-state index in [2.05, 4.69) is 10.6 Å². The Morgan fingerprint density at radius 2 is 1.92 bits per heavy atom. The van der Waals surface area contributed by atoms with Gasteiger partial charge in [-0.25, -0.2) is 4.39 Å². The molecule has 0 amide bonds. The van der Waals surface area contributed by atoms with Gasteiger partial charge in [-0.2, -0.15) is 0 Å². The van der Waals surface area contributed by atoms with Crippen molar-refractivity contribution in [3.8, 4) is 0 Å². The highest BCUT2D eigenvalue weighted by Gasteiger charge is 2.41. The average molecular weight is 358 g/mol. The number of fused-ring (bicyclic) bond motifs is 1. The number of aliphatic imine (C=N–C) groups is 1. The van der Waals surface area contributed by atoms with Crippen LogP contribution in [-0.4, -0.2) is 18.9 Å². The van der Waals surface area contributed by atoms with Crippen LogP contribution in [0.15, 0.2) is 47.5 Å². The largest absolute Gasteiger partial charge is 0.341 e. The van der Waals surface area contributed by atoms with Crippen molar-refractivity contribution >= 4 is 23.1 Å². The number of rotatable bonds is 2. The lowest BCUT2D eigenvalue weighted by Gasteiger charge is -2.43. The van der Waals surface area contributed by atoms with E-state index < -0.39 is 0 Å². The predicted octanol–water partition coefficient (Wildman–Crippen LogP) is 4.42. The molecular weight excluding hydrogens is 337 g/mol. The van der Waals surface area contributed by atoms with Crippen LogP contribution in [0.3, 0.4) is 0 Å². The Labute approximate surface area is 152 Å². The molecule has 1 saturated heterocycles. The fourth-order valence-corrected chi connectivity index (χ4v) is 4.10. The van der Waals surface area contributed by atoms with Gasteiger partial charge in [0.1, 0.15) is 11.7 Å². The number of hydrogen-bond donors (Lipinski definition) is 2. The average Bonchev–Trinajstić information content (AvgIpc) is 2.61. The highest BCUT2D eigenvalue weighted by atomic mass is 35.5. The lowest BCUT2D eigenvalue weighted by atomic mass is 9.71. The Morgan fingerprint density at radius 3 is 2.72 bits per heavy atom. The van der Waals surface area contributed by atoms with Crippen LogP contribution >= 0.6 is 11.6 Å². The maximum Gasteiger partial charge on any atom is 0.146 e. The Morgan fingerprint density at radius 1 is 1.12 bits per heavy atom. The van der Waals surface area contributed by atoms with Gasteiger partial charge in [-0.1, -0.05) is 35.9 Å². The zero-order valence-electron chi connectivity index (χ0n) is 14.0. The van der Waals surface area contributed by atoms with Gasteiger partial charge in [-0.05, 0) is 61.7 Å². The van der Waals surface area contributed by atoms with E-state index in [9.17, 15) is 4.39 Å². The molecule has 0 atom stereocenters. The van der Waals surface area contributed by atoms with Crippen LogP contribution in [0, 0.1) is 11.2 Å². The molecule has 0 bridgehead atoms. The molecule has 1 spiro atoms. The summed E-state index contributed by atoms with van der Waals surface area (Å²) in [5.74, 6) is 0.698. The van der Waals surface area contributed by atoms with Crippen molar-refractivity contribution in [3.63, 3.8) is 0 Å². The Balaban J connectivity index is 1.69. The second-order valence-electron chi connectivity index (χ2n) is 6.90. The third-order valence-corrected chi connectivity index (χ3v) is 5.48. The zero-order chi connectivity index (χ0) is 17.3. The van der Waals surface area contributed by atoms with Gasteiger partial charge in [-0.15, -0.1) is 0 Å². The second-order valence-corrected chi connectivity index (χ2v) is 7.34.